The van der Waals surface area contributed by atoms with Crippen LogP contribution in [0.4, 0.5) is 4.39 Å². The lowest BCUT2D eigenvalue weighted by molar-refractivity contribution is -0.109. The Hall–Kier alpha value is -2.40. The molecule has 23 heavy (non-hydrogen) atoms. The molecule has 2 rings (SSSR count). The molecule has 0 saturated heterocycles. The highest BCUT2D eigenvalue weighted by Gasteiger charge is 2.22. The van der Waals surface area contributed by atoms with Crippen LogP contribution >= 0.6 is 11.6 Å². The quantitative estimate of drug-likeness (QED) is 0.826. The van der Waals surface area contributed by atoms with Gasteiger partial charge in [0, 0.05) is 0 Å². The normalized spacial score (nSPS) is 11.6. The number of amides is 1. The zero-order valence-electron chi connectivity index (χ0n) is 12.4. The minimum Gasteiger partial charge on any atom is -0.495 e. The van der Waals surface area contributed by atoms with Crippen LogP contribution < -0.4 is 10.1 Å². The fourth-order valence-electron chi connectivity index (χ4n) is 2.14. The first kappa shape index (κ1) is 17.0. The third-order valence-corrected chi connectivity index (χ3v) is 3.66. The smallest absolute Gasteiger partial charge is 0.256 e. The highest BCUT2D eigenvalue weighted by molar-refractivity contribution is 6.35. The van der Waals surface area contributed by atoms with E-state index in [1.54, 1.807) is 0 Å². The summed E-state index contributed by atoms with van der Waals surface area (Å²) in [7, 11) is 1.37. The largest absolute Gasteiger partial charge is 0.495 e. The molecular weight excluding hydrogens is 321 g/mol. The van der Waals surface area contributed by atoms with Crippen molar-refractivity contribution < 1.29 is 18.7 Å². The van der Waals surface area contributed by atoms with E-state index in [2.05, 4.69) is 5.32 Å². The third-order valence-electron chi connectivity index (χ3n) is 3.28. The van der Waals surface area contributed by atoms with E-state index in [0.717, 1.165) is 11.6 Å². The van der Waals surface area contributed by atoms with Gasteiger partial charge in [0.25, 0.3) is 5.91 Å². The van der Waals surface area contributed by atoms with Crippen LogP contribution in [0.2, 0.25) is 5.02 Å². The zero-order chi connectivity index (χ0) is 16.8. The Balaban J connectivity index is 2.19. The van der Waals surface area contributed by atoms with E-state index in [9.17, 15) is 14.0 Å². The van der Waals surface area contributed by atoms with Crippen molar-refractivity contribution in [1.82, 2.24) is 5.32 Å². The van der Waals surface area contributed by atoms with Crippen molar-refractivity contribution in [3.8, 4) is 5.75 Å². The summed E-state index contributed by atoms with van der Waals surface area (Å²) < 4.78 is 18.9. The molecule has 0 aromatic heterocycles. The van der Waals surface area contributed by atoms with E-state index < -0.39 is 17.8 Å². The van der Waals surface area contributed by atoms with Gasteiger partial charge in [0.1, 0.15) is 17.9 Å². The average molecular weight is 336 g/mol. The highest BCUT2D eigenvalue weighted by atomic mass is 35.5. The second-order valence-corrected chi connectivity index (χ2v) is 5.22. The summed E-state index contributed by atoms with van der Waals surface area (Å²) in [5.41, 5.74) is 0.535. The molecule has 0 fully saturated rings. The minimum atomic E-state index is -0.786. The summed E-state index contributed by atoms with van der Waals surface area (Å²) >= 11 is 5.98. The Morgan fingerprint density at radius 2 is 2.00 bits per heavy atom. The second kappa shape index (κ2) is 7.74. The molecule has 2 aromatic rings. The van der Waals surface area contributed by atoms with Crippen LogP contribution in [-0.2, 0) is 11.2 Å². The molecule has 0 radical (unpaired) electrons. The van der Waals surface area contributed by atoms with Gasteiger partial charge in [-0.05, 0) is 24.1 Å². The number of hydrogen-bond acceptors (Lipinski definition) is 3. The maximum atomic E-state index is 13.9. The standard InChI is InChI=1S/C17H15ClFNO3/c1-23-14-8-7-13(19)15(16(14)18)17(22)20-12(10-21)9-11-5-3-2-4-6-11/h2-8,10,12H,9H2,1H3,(H,20,22). The Morgan fingerprint density at radius 3 is 2.61 bits per heavy atom. The molecule has 0 spiro atoms. The van der Waals surface area contributed by atoms with Crippen LogP contribution in [0, 0.1) is 5.82 Å². The van der Waals surface area contributed by atoms with Gasteiger partial charge in [-0.1, -0.05) is 41.9 Å². The number of benzene rings is 2. The Morgan fingerprint density at radius 1 is 1.30 bits per heavy atom. The SMILES string of the molecule is COc1ccc(F)c(C(=O)NC(C=O)Cc2ccccc2)c1Cl. The van der Waals surface area contributed by atoms with E-state index in [0.29, 0.717) is 12.7 Å². The third kappa shape index (κ3) is 4.07. The van der Waals surface area contributed by atoms with Gasteiger partial charge in [-0.3, -0.25) is 4.79 Å². The Kier molecular flexibility index (Phi) is 5.71. The number of rotatable bonds is 6. The summed E-state index contributed by atoms with van der Waals surface area (Å²) in [6, 6.07) is 10.8. The molecule has 0 aliphatic heterocycles. The van der Waals surface area contributed by atoms with Crippen LogP contribution in [0.25, 0.3) is 0 Å². The lowest BCUT2D eigenvalue weighted by atomic mass is 10.1. The maximum Gasteiger partial charge on any atom is 0.256 e. The molecule has 1 amide bonds. The van der Waals surface area contributed by atoms with Crippen molar-refractivity contribution in [2.75, 3.05) is 7.11 Å². The second-order valence-electron chi connectivity index (χ2n) is 4.84. The molecule has 0 aliphatic rings. The highest BCUT2D eigenvalue weighted by Crippen LogP contribution is 2.30. The van der Waals surface area contributed by atoms with E-state index in [1.807, 2.05) is 30.3 Å². The number of hydrogen-bond donors (Lipinski definition) is 1. The van der Waals surface area contributed by atoms with Crippen molar-refractivity contribution in [2.45, 2.75) is 12.5 Å². The fraction of sp³-hybridized carbons (Fsp3) is 0.176. The van der Waals surface area contributed by atoms with Gasteiger partial charge >= 0.3 is 0 Å². The molecule has 4 nitrogen and oxygen atoms in total. The van der Waals surface area contributed by atoms with Crippen molar-refractivity contribution in [1.29, 1.82) is 0 Å². The lowest BCUT2D eigenvalue weighted by Crippen LogP contribution is -2.38. The number of carbonyl (C=O) groups is 2. The van der Waals surface area contributed by atoms with Gasteiger partial charge in [-0.25, -0.2) is 4.39 Å². The number of carbonyl (C=O) groups excluding carboxylic acids is 2. The molecule has 0 aliphatic carbocycles. The van der Waals surface area contributed by atoms with Crippen molar-refractivity contribution in [3.63, 3.8) is 0 Å². The topological polar surface area (TPSA) is 55.4 Å². The Labute approximate surface area is 138 Å². The van der Waals surface area contributed by atoms with Gasteiger partial charge < -0.3 is 14.8 Å². The van der Waals surface area contributed by atoms with E-state index in [4.69, 9.17) is 16.3 Å². The van der Waals surface area contributed by atoms with E-state index in [1.165, 1.54) is 13.2 Å². The zero-order valence-corrected chi connectivity index (χ0v) is 13.1. The Bertz CT molecular complexity index is 706. The minimum absolute atomic E-state index is 0.130. The van der Waals surface area contributed by atoms with Crippen LogP contribution in [0.15, 0.2) is 42.5 Å². The number of methoxy groups -OCH3 is 1. The molecule has 2 aromatic carbocycles. The number of nitrogens with one attached hydrogen (secondary N) is 1. The summed E-state index contributed by atoms with van der Waals surface area (Å²) in [6.45, 7) is 0. The number of aldehydes is 1. The molecule has 1 unspecified atom stereocenters. The van der Waals surface area contributed by atoms with Crippen LogP contribution in [0.3, 0.4) is 0 Å². The monoisotopic (exact) mass is 335 g/mol. The van der Waals surface area contributed by atoms with Gasteiger partial charge in [-0.15, -0.1) is 0 Å². The fourth-order valence-corrected chi connectivity index (χ4v) is 2.46. The first-order valence-corrected chi connectivity index (χ1v) is 7.26. The predicted molar refractivity (Wildman–Crippen MR) is 85.4 cm³/mol. The number of halogens is 2. The van der Waals surface area contributed by atoms with Crippen LogP contribution in [0.1, 0.15) is 15.9 Å². The number of ether oxygens (including phenoxy) is 1. The molecule has 1 N–H and O–H groups in total. The van der Waals surface area contributed by atoms with Gasteiger partial charge in [0.05, 0.1) is 23.7 Å². The molecule has 120 valence electrons. The summed E-state index contributed by atoms with van der Waals surface area (Å²) in [6.07, 6.45) is 0.913. The first-order valence-electron chi connectivity index (χ1n) is 6.89. The predicted octanol–water partition coefficient (Wildman–Crippen LogP) is 3.03. The van der Waals surface area contributed by atoms with E-state index >= 15 is 0 Å². The maximum absolute atomic E-state index is 13.9. The summed E-state index contributed by atoms with van der Waals surface area (Å²) in [4.78, 5) is 23.5. The van der Waals surface area contributed by atoms with Crippen LogP contribution in [0.5, 0.6) is 5.75 Å². The van der Waals surface area contributed by atoms with Gasteiger partial charge in [0.2, 0.25) is 0 Å². The molecule has 0 saturated carbocycles. The lowest BCUT2D eigenvalue weighted by Gasteiger charge is -2.15. The van der Waals surface area contributed by atoms with Gasteiger partial charge in [-0.2, -0.15) is 0 Å². The van der Waals surface area contributed by atoms with Gasteiger partial charge in [0.15, 0.2) is 0 Å². The molecule has 0 bridgehead atoms. The summed E-state index contributed by atoms with van der Waals surface area (Å²) in [5, 5.41) is 2.35. The van der Waals surface area contributed by atoms with E-state index in [-0.39, 0.29) is 16.3 Å². The summed E-state index contributed by atoms with van der Waals surface area (Å²) in [5.74, 6) is -1.36. The average Bonchev–Trinajstić information content (AvgIpc) is 2.55. The van der Waals surface area contributed by atoms with Crippen molar-refractivity contribution in [3.05, 3.63) is 64.4 Å². The first-order chi connectivity index (χ1) is 11.1. The molecule has 0 heterocycles. The molecule has 1 atom stereocenters. The van der Waals surface area contributed by atoms with Crippen molar-refractivity contribution in [2.24, 2.45) is 0 Å². The van der Waals surface area contributed by atoms with Crippen LogP contribution in [-0.4, -0.2) is 25.3 Å². The molecular formula is C17H15ClFNO3. The molecule has 6 heteroatoms. The van der Waals surface area contributed by atoms with Crippen molar-refractivity contribution >= 4 is 23.8 Å².